The van der Waals surface area contributed by atoms with Gasteiger partial charge in [0.1, 0.15) is 11.3 Å². The van der Waals surface area contributed by atoms with Crippen LogP contribution in [0, 0.1) is 6.92 Å². The second-order valence-corrected chi connectivity index (χ2v) is 8.25. The van der Waals surface area contributed by atoms with Gasteiger partial charge in [-0.05, 0) is 49.2 Å². The highest BCUT2D eigenvalue weighted by atomic mass is 19.4. The number of alkyl halides is 3. The number of rotatable bonds is 4. The predicted molar refractivity (Wildman–Crippen MR) is 118 cm³/mol. The predicted octanol–water partition coefficient (Wildman–Crippen LogP) is 6.19. The minimum Gasteiger partial charge on any atom is -0.441 e. The van der Waals surface area contributed by atoms with Crippen LogP contribution >= 0.6 is 0 Å². The molecule has 172 valence electrons. The van der Waals surface area contributed by atoms with Crippen molar-refractivity contribution in [3.8, 4) is 11.3 Å². The van der Waals surface area contributed by atoms with E-state index in [1.165, 1.54) is 6.07 Å². The van der Waals surface area contributed by atoms with Crippen molar-refractivity contribution < 1.29 is 22.3 Å². The fraction of sp³-hybridized carbons (Fsp3) is 0.333. The molecule has 1 N–H and O–H groups in total. The van der Waals surface area contributed by atoms with Gasteiger partial charge in [-0.2, -0.15) is 13.2 Å². The minimum atomic E-state index is -4.47. The number of hydrogen-bond donors (Lipinski definition) is 1. The van der Waals surface area contributed by atoms with E-state index in [4.69, 9.17) is 14.1 Å². The van der Waals surface area contributed by atoms with E-state index in [1.54, 1.807) is 36.9 Å². The van der Waals surface area contributed by atoms with Gasteiger partial charge in [0.05, 0.1) is 23.0 Å². The lowest BCUT2D eigenvalue weighted by Crippen LogP contribution is -2.17. The molecule has 0 unspecified atom stereocenters. The highest BCUT2D eigenvalue weighted by Crippen LogP contribution is 2.38. The van der Waals surface area contributed by atoms with Crippen LogP contribution in [-0.4, -0.2) is 27.7 Å². The summed E-state index contributed by atoms with van der Waals surface area (Å²) < 4.78 is 53.8. The van der Waals surface area contributed by atoms with Crippen LogP contribution in [0.15, 0.2) is 47.0 Å². The van der Waals surface area contributed by atoms with Gasteiger partial charge in [0.25, 0.3) is 0 Å². The molecule has 0 radical (unpaired) electrons. The number of ether oxygens (including phenoxy) is 1. The van der Waals surface area contributed by atoms with E-state index < -0.39 is 11.7 Å². The van der Waals surface area contributed by atoms with Crippen molar-refractivity contribution in [3.05, 3.63) is 59.9 Å². The lowest BCUT2D eigenvalue weighted by atomic mass is 9.99. The third-order valence-electron chi connectivity index (χ3n) is 6.00. The maximum Gasteiger partial charge on any atom is 0.416 e. The molecule has 0 aliphatic carbocycles. The summed E-state index contributed by atoms with van der Waals surface area (Å²) in [5.41, 5.74) is 2.04. The number of benzene rings is 2. The van der Waals surface area contributed by atoms with Crippen molar-refractivity contribution in [1.29, 1.82) is 0 Å². The zero-order valence-corrected chi connectivity index (χ0v) is 18.2. The van der Waals surface area contributed by atoms with Crippen LogP contribution in [-0.2, 0) is 18.0 Å². The van der Waals surface area contributed by atoms with Crippen molar-refractivity contribution in [2.24, 2.45) is 7.05 Å². The number of aryl methyl sites for hydroxylation is 2. The summed E-state index contributed by atoms with van der Waals surface area (Å²) >= 11 is 0. The molecule has 0 spiro atoms. The van der Waals surface area contributed by atoms with Crippen molar-refractivity contribution in [1.82, 2.24) is 14.5 Å². The van der Waals surface area contributed by atoms with E-state index in [2.05, 4.69) is 10.3 Å². The highest BCUT2D eigenvalue weighted by Gasteiger charge is 2.33. The third-order valence-corrected chi connectivity index (χ3v) is 6.00. The zero-order valence-electron chi connectivity index (χ0n) is 18.2. The third kappa shape index (κ3) is 4.20. The number of nitrogens with one attached hydrogen (secondary N) is 1. The molecule has 5 rings (SSSR count). The lowest BCUT2D eigenvalue weighted by Gasteiger charge is -2.21. The number of halogens is 3. The molecule has 2 aromatic heterocycles. The van der Waals surface area contributed by atoms with Gasteiger partial charge < -0.3 is 19.0 Å². The Bertz CT molecular complexity index is 1290. The first-order chi connectivity index (χ1) is 15.8. The fourth-order valence-electron chi connectivity index (χ4n) is 4.25. The quantitative estimate of drug-likeness (QED) is 0.397. The largest absolute Gasteiger partial charge is 0.441 e. The van der Waals surface area contributed by atoms with Crippen LogP contribution in [0.4, 0.5) is 24.5 Å². The molecule has 1 aliphatic rings. The van der Waals surface area contributed by atoms with Crippen molar-refractivity contribution in [3.63, 3.8) is 0 Å². The van der Waals surface area contributed by atoms with Crippen LogP contribution in [0.2, 0.25) is 0 Å². The Kier molecular flexibility index (Phi) is 5.36. The Morgan fingerprint density at radius 1 is 1.09 bits per heavy atom. The van der Waals surface area contributed by atoms with Crippen molar-refractivity contribution in [2.45, 2.75) is 31.9 Å². The maximum atomic E-state index is 13.7. The molecule has 0 saturated carbocycles. The van der Waals surface area contributed by atoms with E-state index in [0.29, 0.717) is 47.3 Å². The Hall–Kier alpha value is -3.33. The zero-order chi connectivity index (χ0) is 23.2. The molecule has 1 aliphatic heterocycles. The van der Waals surface area contributed by atoms with Gasteiger partial charge in [-0.25, -0.2) is 9.97 Å². The lowest BCUT2D eigenvalue weighted by molar-refractivity contribution is -0.137. The molecule has 0 atom stereocenters. The molecular formula is C24H23F3N4O2. The molecule has 33 heavy (non-hydrogen) atoms. The molecule has 9 heteroatoms. The topological polar surface area (TPSA) is 65.1 Å². The first kappa shape index (κ1) is 21.5. The van der Waals surface area contributed by atoms with Crippen molar-refractivity contribution >= 4 is 22.4 Å². The molecule has 1 saturated heterocycles. The first-order valence-corrected chi connectivity index (χ1v) is 10.7. The Morgan fingerprint density at radius 2 is 1.82 bits per heavy atom. The highest BCUT2D eigenvalue weighted by molar-refractivity contribution is 5.92. The summed E-state index contributed by atoms with van der Waals surface area (Å²) in [6, 6.07) is 9.55. The maximum absolute atomic E-state index is 13.7. The van der Waals surface area contributed by atoms with Gasteiger partial charge in [0.15, 0.2) is 11.7 Å². The van der Waals surface area contributed by atoms with Gasteiger partial charge in [-0.15, -0.1) is 0 Å². The van der Waals surface area contributed by atoms with E-state index >= 15 is 0 Å². The second-order valence-electron chi connectivity index (χ2n) is 8.25. The summed E-state index contributed by atoms with van der Waals surface area (Å²) in [6.45, 7) is 3.02. The van der Waals surface area contributed by atoms with E-state index in [9.17, 15) is 13.2 Å². The summed E-state index contributed by atoms with van der Waals surface area (Å²) in [6.07, 6.45) is -1.23. The Morgan fingerprint density at radius 3 is 2.45 bits per heavy atom. The van der Waals surface area contributed by atoms with Gasteiger partial charge in [-0.1, -0.05) is 0 Å². The van der Waals surface area contributed by atoms with Crippen molar-refractivity contribution in [2.75, 3.05) is 18.5 Å². The summed E-state index contributed by atoms with van der Waals surface area (Å²) in [5, 5.41) is 3.14. The molecular weight excluding hydrogens is 433 g/mol. The SMILES string of the molecule is Cc1ncc(-c2ccc(Nc3cc(C(F)(F)F)cc4c3nc(C3CCOCC3)n4C)cc2)o1. The fourth-order valence-corrected chi connectivity index (χ4v) is 4.25. The number of hydrogen-bond acceptors (Lipinski definition) is 5. The molecule has 6 nitrogen and oxygen atoms in total. The first-order valence-electron chi connectivity index (χ1n) is 10.7. The minimum absolute atomic E-state index is 0.156. The average Bonchev–Trinajstić information content (AvgIpc) is 3.38. The summed E-state index contributed by atoms with van der Waals surface area (Å²) in [4.78, 5) is 8.87. The van der Waals surface area contributed by atoms with Crippen LogP contribution in [0.1, 0.15) is 36.0 Å². The number of nitrogens with zero attached hydrogens (tertiary/aromatic N) is 3. The summed E-state index contributed by atoms with van der Waals surface area (Å²) in [7, 11) is 1.78. The Balaban J connectivity index is 1.54. The smallest absolute Gasteiger partial charge is 0.416 e. The number of anilines is 2. The van der Waals surface area contributed by atoms with Gasteiger partial charge in [0.2, 0.25) is 0 Å². The number of imidazole rings is 1. The van der Waals surface area contributed by atoms with Crippen LogP contribution in [0.5, 0.6) is 0 Å². The van der Waals surface area contributed by atoms with Crippen LogP contribution in [0.25, 0.3) is 22.4 Å². The molecule has 0 amide bonds. The Labute approximate surface area is 188 Å². The van der Waals surface area contributed by atoms with Crippen LogP contribution in [0.3, 0.4) is 0 Å². The van der Waals surface area contributed by atoms with Gasteiger partial charge in [-0.3, -0.25) is 0 Å². The molecule has 4 aromatic rings. The van der Waals surface area contributed by atoms with Gasteiger partial charge in [0, 0.05) is 44.4 Å². The monoisotopic (exact) mass is 456 g/mol. The second kappa shape index (κ2) is 8.22. The average molecular weight is 456 g/mol. The molecule has 1 fully saturated rings. The molecule has 2 aromatic carbocycles. The van der Waals surface area contributed by atoms with E-state index in [-0.39, 0.29) is 5.92 Å². The standard InChI is InChI=1S/C24H23F3N4O2/c1-14-28-13-21(33-14)15-3-5-18(6-4-15)29-19-11-17(24(25,26)27)12-20-22(19)30-23(31(20)2)16-7-9-32-10-8-16/h3-6,11-13,16,29H,7-10H2,1-2H3. The normalized spacial score (nSPS) is 15.3. The van der Waals surface area contributed by atoms with Gasteiger partial charge >= 0.3 is 6.18 Å². The summed E-state index contributed by atoms with van der Waals surface area (Å²) in [5.74, 6) is 2.13. The molecule has 3 heterocycles. The molecule has 0 bridgehead atoms. The number of oxazole rings is 1. The number of aromatic nitrogens is 3. The van der Waals surface area contributed by atoms with E-state index in [1.807, 2.05) is 12.1 Å². The number of fused-ring (bicyclic) bond motifs is 1. The van der Waals surface area contributed by atoms with E-state index in [0.717, 1.165) is 30.3 Å². The van der Waals surface area contributed by atoms with Crippen LogP contribution < -0.4 is 5.32 Å².